The Morgan fingerprint density at radius 2 is 1.75 bits per heavy atom. The predicted molar refractivity (Wildman–Crippen MR) is 96.0 cm³/mol. The molecule has 1 amide bonds. The van der Waals surface area contributed by atoms with E-state index in [1.807, 2.05) is 27.7 Å². The summed E-state index contributed by atoms with van der Waals surface area (Å²) in [5, 5.41) is 2.76. The first-order chi connectivity index (χ1) is 11.1. The number of nitrogens with two attached hydrogens (primary N) is 1. The third-order valence-corrected chi connectivity index (χ3v) is 5.04. The number of carbonyl (C=O) groups excluding carboxylic acids is 1. The van der Waals surface area contributed by atoms with Crippen LogP contribution in [0.25, 0.3) is 0 Å². The van der Waals surface area contributed by atoms with Crippen LogP contribution in [0.5, 0.6) is 0 Å². The summed E-state index contributed by atoms with van der Waals surface area (Å²) in [5.74, 6) is -0.144. The van der Waals surface area contributed by atoms with Crippen LogP contribution >= 0.6 is 0 Å². The molecule has 7 heteroatoms. The van der Waals surface area contributed by atoms with Gasteiger partial charge in [0.2, 0.25) is 15.9 Å². The van der Waals surface area contributed by atoms with Crippen molar-refractivity contribution >= 4 is 15.9 Å². The Morgan fingerprint density at radius 3 is 2.25 bits per heavy atom. The summed E-state index contributed by atoms with van der Waals surface area (Å²) in [6.07, 6.45) is 1.07. The molecular formula is C17H29N3O3S. The first-order valence-electron chi connectivity index (χ1n) is 8.24. The summed E-state index contributed by atoms with van der Waals surface area (Å²) in [5.41, 5.74) is 6.64. The fourth-order valence-corrected chi connectivity index (χ4v) is 3.41. The van der Waals surface area contributed by atoms with Gasteiger partial charge in [0.25, 0.3) is 0 Å². The van der Waals surface area contributed by atoms with Gasteiger partial charge >= 0.3 is 0 Å². The van der Waals surface area contributed by atoms with Gasteiger partial charge in [-0.1, -0.05) is 31.5 Å². The Hall–Kier alpha value is -1.44. The maximum Gasteiger partial charge on any atom is 0.241 e. The monoisotopic (exact) mass is 355 g/mol. The molecule has 0 radical (unpaired) electrons. The highest BCUT2D eigenvalue weighted by atomic mass is 32.2. The highest BCUT2D eigenvalue weighted by Crippen LogP contribution is 2.13. The average molecular weight is 356 g/mol. The second kappa shape index (κ2) is 9.15. The third kappa shape index (κ3) is 6.98. The SMILES string of the molecule is Cc1ccc(S(=O)(=O)NC(CC(C)C)C(=O)NCCC(C)N)cc1. The van der Waals surface area contributed by atoms with E-state index in [2.05, 4.69) is 10.0 Å². The van der Waals surface area contributed by atoms with Crippen molar-refractivity contribution < 1.29 is 13.2 Å². The normalized spacial score (nSPS) is 14.4. The predicted octanol–water partition coefficient (Wildman–Crippen LogP) is 1.54. The molecule has 0 aliphatic rings. The molecule has 4 N–H and O–H groups in total. The van der Waals surface area contributed by atoms with Crippen LogP contribution in [0.2, 0.25) is 0 Å². The first-order valence-corrected chi connectivity index (χ1v) is 9.72. The summed E-state index contributed by atoms with van der Waals surface area (Å²) in [6.45, 7) is 8.07. The average Bonchev–Trinajstić information content (AvgIpc) is 2.45. The zero-order valence-electron chi connectivity index (χ0n) is 14.9. The molecule has 1 rings (SSSR count). The Bertz CT molecular complexity index is 625. The van der Waals surface area contributed by atoms with Crippen LogP contribution in [-0.4, -0.2) is 33.0 Å². The van der Waals surface area contributed by atoms with Gasteiger partial charge in [0, 0.05) is 12.6 Å². The lowest BCUT2D eigenvalue weighted by atomic mass is 10.0. The molecule has 1 aromatic carbocycles. The molecule has 0 heterocycles. The van der Waals surface area contributed by atoms with Crippen LogP contribution < -0.4 is 15.8 Å². The van der Waals surface area contributed by atoms with Gasteiger partial charge in [-0.25, -0.2) is 8.42 Å². The zero-order valence-corrected chi connectivity index (χ0v) is 15.7. The number of hydrogen-bond acceptors (Lipinski definition) is 4. The minimum Gasteiger partial charge on any atom is -0.355 e. The number of benzene rings is 1. The van der Waals surface area contributed by atoms with Gasteiger partial charge in [-0.05, 0) is 44.7 Å². The second-order valence-corrected chi connectivity index (χ2v) is 8.39. The van der Waals surface area contributed by atoms with E-state index in [9.17, 15) is 13.2 Å². The molecule has 0 aliphatic carbocycles. The van der Waals surface area contributed by atoms with Gasteiger partial charge in [-0.15, -0.1) is 0 Å². The maximum absolute atomic E-state index is 12.5. The van der Waals surface area contributed by atoms with Gasteiger partial charge in [-0.3, -0.25) is 4.79 Å². The summed E-state index contributed by atoms with van der Waals surface area (Å²) in [7, 11) is -3.74. The van der Waals surface area contributed by atoms with Crippen LogP contribution in [0, 0.1) is 12.8 Å². The van der Waals surface area contributed by atoms with Crippen molar-refractivity contribution in [3.63, 3.8) is 0 Å². The lowest BCUT2D eigenvalue weighted by molar-refractivity contribution is -0.123. The van der Waals surface area contributed by atoms with Crippen molar-refractivity contribution in [2.45, 2.75) is 57.5 Å². The zero-order chi connectivity index (χ0) is 18.3. The van der Waals surface area contributed by atoms with Crippen LogP contribution in [0.15, 0.2) is 29.2 Å². The Labute approximate surface area is 145 Å². The number of rotatable bonds is 9. The van der Waals surface area contributed by atoms with Gasteiger partial charge < -0.3 is 11.1 Å². The Morgan fingerprint density at radius 1 is 1.17 bits per heavy atom. The van der Waals surface area contributed by atoms with Crippen LogP contribution in [0.4, 0.5) is 0 Å². The number of hydrogen-bond donors (Lipinski definition) is 3. The largest absolute Gasteiger partial charge is 0.355 e. The Kier molecular flexibility index (Phi) is 7.86. The number of amides is 1. The molecular weight excluding hydrogens is 326 g/mol. The molecule has 2 unspecified atom stereocenters. The summed E-state index contributed by atoms with van der Waals surface area (Å²) in [6, 6.07) is 5.72. The van der Waals surface area contributed by atoms with Crippen molar-refractivity contribution in [3.8, 4) is 0 Å². The minimum atomic E-state index is -3.74. The molecule has 0 saturated heterocycles. The number of carbonyl (C=O) groups is 1. The van der Waals surface area contributed by atoms with Gasteiger partial charge in [0.05, 0.1) is 4.90 Å². The molecule has 0 aliphatic heterocycles. The first kappa shape index (κ1) is 20.6. The highest BCUT2D eigenvalue weighted by molar-refractivity contribution is 7.89. The van der Waals surface area contributed by atoms with E-state index in [1.54, 1.807) is 12.1 Å². The molecule has 0 aromatic heterocycles. The van der Waals surface area contributed by atoms with Crippen molar-refractivity contribution in [1.82, 2.24) is 10.0 Å². The van der Waals surface area contributed by atoms with Crippen LogP contribution in [0.1, 0.15) is 39.2 Å². The molecule has 0 fully saturated rings. The molecule has 136 valence electrons. The van der Waals surface area contributed by atoms with Crippen molar-refractivity contribution in [1.29, 1.82) is 0 Å². The topological polar surface area (TPSA) is 101 Å². The molecule has 1 aromatic rings. The maximum atomic E-state index is 12.5. The van der Waals surface area contributed by atoms with E-state index in [1.165, 1.54) is 12.1 Å². The van der Waals surface area contributed by atoms with Crippen LogP contribution in [-0.2, 0) is 14.8 Å². The lowest BCUT2D eigenvalue weighted by Crippen LogP contribution is -2.47. The fourth-order valence-electron chi connectivity index (χ4n) is 2.20. The van der Waals surface area contributed by atoms with Gasteiger partial charge in [-0.2, -0.15) is 4.72 Å². The van der Waals surface area contributed by atoms with E-state index in [-0.39, 0.29) is 22.8 Å². The van der Waals surface area contributed by atoms with Crippen molar-refractivity contribution in [3.05, 3.63) is 29.8 Å². The number of sulfonamides is 1. The minimum absolute atomic E-state index is 0.0156. The fraction of sp³-hybridized carbons (Fsp3) is 0.588. The van der Waals surface area contributed by atoms with E-state index in [0.717, 1.165) is 5.56 Å². The van der Waals surface area contributed by atoms with Gasteiger partial charge in [0.1, 0.15) is 6.04 Å². The van der Waals surface area contributed by atoms with Gasteiger partial charge in [0.15, 0.2) is 0 Å². The summed E-state index contributed by atoms with van der Waals surface area (Å²) in [4.78, 5) is 12.5. The molecule has 24 heavy (non-hydrogen) atoms. The quantitative estimate of drug-likeness (QED) is 0.625. The molecule has 2 atom stereocenters. The van der Waals surface area contributed by atoms with E-state index >= 15 is 0 Å². The van der Waals surface area contributed by atoms with Crippen molar-refractivity contribution in [2.24, 2.45) is 11.7 Å². The van der Waals surface area contributed by atoms with Crippen LogP contribution in [0.3, 0.4) is 0 Å². The highest BCUT2D eigenvalue weighted by Gasteiger charge is 2.26. The second-order valence-electron chi connectivity index (χ2n) is 6.67. The van der Waals surface area contributed by atoms with E-state index in [4.69, 9.17) is 5.73 Å². The smallest absolute Gasteiger partial charge is 0.241 e. The summed E-state index contributed by atoms with van der Waals surface area (Å²) < 4.78 is 27.5. The van der Waals surface area contributed by atoms with Crippen molar-refractivity contribution in [2.75, 3.05) is 6.54 Å². The summed E-state index contributed by atoms with van der Waals surface area (Å²) >= 11 is 0. The molecule has 0 saturated carbocycles. The third-order valence-electron chi connectivity index (χ3n) is 3.55. The molecule has 0 spiro atoms. The molecule has 0 bridgehead atoms. The van der Waals surface area contributed by atoms with E-state index < -0.39 is 16.1 Å². The molecule has 6 nitrogen and oxygen atoms in total. The number of nitrogens with one attached hydrogen (secondary N) is 2. The van der Waals surface area contributed by atoms with E-state index in [0.29, 0.717) is 19.4 Å². The standard InChI is InChI=1S/C17H29N3O3S/c1-12(2)11-16(17(21)19-10-9-14(4)18)20-24(22,23)15-7-5-13(3)6-8-15/h5-8,12,14,16,20H,9-11,18H2,1-4H3,(H,19,21). The Balaban J connectivity index is 2.84. The number of aryl methyl sites for hydroxylation is 1. The lowest BCUT2D eigenvalue weighted by Gasteiger charge is -2.20.